The first kappa shape index (κ1) is 12.7. The first-order valence-corrected chi connectivity index (χ1v) is 7.30. The van der Waals surface area contributed by atoms with Crippen LogP contribution in [0, 0.1) is 11.8 Å². The standard InChI is InChI=1S/C14H22N4O/c19-14(13-2-6-15-10-13)17-8-3-12(4-9-17)11-18-7-1-5-16-18/h1,5,7,12-13,15H,2-4,6,8-11H2. The SMILES string of the molecule is O=C(C1CCNC1)N1CCC(Cn2cccn2)CC1. The highest BCUT2D eigenvalue weighted by molar-refractivity contribution is 5.79. The van der Waals surface area contributed by atoms with Crippen molar-refractivity contribution in [3.8, 4) is 0 Å². The van der Waals surface area contributed by atoms with Crippen LogP contribution in [0.25, 0.3) is 0 Å². The van der Waals surface area contributed by atoms with Gasteiger partial charge in [-0.1, -0.05) is 0 Å². The molecular formula is C14H22N4O. The van der Waals surface area contributed by atoms with E-state index in [-0.39, 0.29) is 5.92 Å². The van der Waals surface area contributed by atoms with E-state index in [9.17, 15) is 4.79 Å². The van der Waals surface area contributed by atoms with Crippen LogP contribution >= 0.6 is 0 Å². The van der Waals surface area contributed by atoms with Gasteiger partial charge in [-0.15, -0.1) is 0 Å². The summed E-state index contributed by atoms with van der Waals surface area (Å²) < 4.78 is 2.00. The Morgan fingerprint density at radius 2 is 2.16 bits per heavy atom. The van der Waals surface area contributed by atoms with Crippen molar-refractivity contribution in [1.82, 2.24) is 20.0 Å². The lowest BCUT2D eigenvalue weighted by Gasteiger charge is -2.33. The van der Waals surface area contributed by atoms with E-state index in [1.54, 1.807) is 0 Å². The summed E-state index contributed by atoms with van der Waals surface area (Å²) in [6.45, 7) is 4.68. The lowest BCUT2D eigenvalue weighted by Crippen LogP contribution is -2.42. The number of aromatic nitrogens is 2. The van der Waals surface area contributed by atoms with E-state index in [1.807, 2.05) is 23.1 Å². The van der Waals surface area contributed by atoms with Crippen LogP contribution in [0.15, 0.2) is 18.5 Å². The monoisotopic (exact) mass is 262 g/mol. The summed E-state index contributed by atoms with van der Waals surface area (Å²) in [5, 5.41) is 7.53. The number of nitrogens with one attached hydrogen (secondary N) is 1. The van der Waals surface area contributed by atoms with Gasteiger partial charge in [0, 0.05) is 38.6 Å². The molecule has 3 rings (SSSR count). The number of carbonyl (C=O) groups excluding carboxylic acids is 1. The zero-order chi connectivity index (χ0) is 13.1. The molecule has 0 spiro atoms. The Hall–Kier alpha value is -1.36. The van der Waals surface area contributed by atoms with Gasteiger partial charge < -0.3 is 10.2 Å². The first-order valence-electron chi connectivity index (χ1n) is 7.30. The zero-order valence-electron chi connectivity index (χ0n) is 11.3. The van der Waals surface area contributed by atoms with E-state index >= 15 is 0 Å². The molecule has 19 heavy (non-hydrogen) atoms. The molecule has 0 bridgehead atoms. The van der Waals surface area contributed by atoms with Crippen molar-refractivity contribution < 1.29 is 4.79 Å². The molecule has 5 heteroatoms. The largest absolute Gasteiger partial charge is 0.342 e. The molecule has 1 aromatic heterocycles. The second kappa shape index (κ2) is 5.74. The fourth-order valence-electron chi connectivity index (χ4n) is 3.13. The molecule has 1 amide bonds. The molecule has 2 aliphatic rings. The van der Waals surface area contributed by atoms with Crippen LogP contribution in [0.2, 0.25) is 0 Å². The summed E-state index contributed by atoms with van der Waals surface area (Å²) in [6.07, 6.45) is 7.05. The molecule has 1 atom stereocenters. The molecule has 1 unspecified atom stereocenters. The zero-order valence-corrected chi connectivity index (χ0v) is 11.3. The molecule has 1 aromatic rings. The van der Waals surface area contributed by atoms with E-state index < -0.39 is 0 Å². The van der Waals surface area contributed by atoms with Gasteiger partial charge in [0.15, 0.2) is 0 Å². The fourth-order valence-corrected chi connectivity index (χ4v) is 3.13. The third-order valence-corrected chi connectivity index (χ3v) is 4.34. The second-order valence-electron chi connectivity index (χ2n) is 5.69. The molecule has 0 radical (unpaired) electrons. The predicted molar refractivity (Wildman–Crippen MR) is 72.5 cm³/mol. The van der Waals surface area contributed by atoms with E-state index in [1.165, 1.54) is 0 Å². The maximum atomic E-state index is 12.3. The number of piperidine rings is 1. The maximum Gasteiger partial charge on any atom is 0.227 e. The van der Waals surface area contributed by atoms with Crippen molar-refractivity contribution in [3.63, 3.8) is 0 Å². The van der Waals surface area contributed by atoms with Crippen LogP contribution < -0.4 is 5.32 Å². The quantitative estimate of drug-likeness (QED) is 0.874. The fraction of sp³-hybridized carbons (Fsp3) is 0.714. The Balaban J connectivity index is 1.47. The predicted octanol–water partition coefficient (Wildman–Crippen LogP) is 0.731. The van der Waals surface area contributed by atoms with Gasteiger partial charge in [0.25, 0.3) is 0 Å². The Kier molecular flexibility index (Phi) is 3.82. The molecule has 2 fully saturated rings. The topological polar surface area (TPSA) is 50.2 Å². The Morgan fingerprint density at radius 1 is 1.32 bits per heavy atom. The molecule has 5 nitrogen and oxygen atoms in total. The van der Waals surface area contributed by atoms with Crippen molar-refractivity contribution in [2.75, 3.05) is 26.2 Å². The smallest absolute Gasteiger partial charge is 0.227 e. The second-order valence-corrected chi connectivity index (χ2v) is 5.69. The van der Waals surface area contributed by atoms with Crippen LogP contribution in [0.3, 0.4) is 0 Å². The molecule has 0 aromatic carbocycles. The number of hydrogen-bond donors (Lipinski definition) is 1. The van der Waals surface area contributed by atoms with Gasteiger partial charge in [-0.3, -0.25) is 9.48 Å². The summed E-state index contributed by atoms with van der Waals surface area (Å²) >= 11 is 0. The first-order chi connectivity index (χ1) is 9.33. The number of likely N-dealkylation sites (tertiary alicyclic amines) is 1. The average Bonchev–Trinajstić information content (AvgIpc) is 3.12. The Bertz CT molecular complexity index is 403. The number of amides is 1. The number of rotatable bonds is 3. The van der Waals surface area contributed by atoms with Crippen molar-refractivity contribution in [1.29, 1.82) is 0 Å². The van der Waals surface area contributed by atoms with Gasteiger partial charge in [0.1, 0.15) is 0 Å². The van der Waals surface area contributed by atoms with E-state index in [4.69, 9.17) is 0 Å². The number of nitrogens with zero attached hydrogens (tertiary/aromatic N) is 3. The highest BCUT2D eigenvalue weighted by Crippen LogP contribution is 2.21. The van der Waals surface area contributed by atoms with Gasteiger partial charge in [-0.25, -0.2) is 0 Å². The summed E-state index contributed by atoms with van der Waals surface area (Å²) in [4.78, 5) is 14.4. The molecule has 0 saturated carbocycles. The van der Waals surface area contributed by atoms with Crippen molar-refractivity contribution >= 4 is 5.91 Å². The van der Waals surface area contributed by atoms with Gasteiger partial charge in [0.2, 0.25) is 5.91 Å². The van der Waals surface area contributed by atoms with Crippen LogP contribution in [-0.2, 0) is 11.3 Å². The molecule has 3 heterocycles. The van der Waals surface area contributed by atoms with Crippen LogP contribution in [0.5, 0.6) is 0 Å². The number of carbonyl (C=O) groups is 1. The molecule has 0 aliphatic carbocycles. The summed E-state index contributed by atoms with van der Waals surface area (Å²) in [5.41, 5.74) is 0. The minimum atomic E-state index is 0.225. The molecule has 2 aliphatic heterocycles. The molecule has 2 saturated heterocycles. The van der Waals surface area contributed by atoms with Gasteiger partial charge in [-0.05, 0) is 37.8 Å². The maximum absolute atomic E-state index is 12.3. The van der Waals surface area contributed by atoms with Gasteiger partial charge in [-0.2, -0.15) is 5.10 Å². The minimum Gasteiger partial charge on any atom is -0.342 e. The highest BCUT2D eigenvalue weighted by atomic mass is 16.2. The van der Waals surface area contributed by atoms with Crippen LogP contribution in [0.4, 0.5) is 0 Å². The highest BCUT2D eigenvalue weighted by Gasteiger charge is 2.29. The lowest BCUT2D eigenvalue weighted by atomic mass is 9.95. The van der Waals surface area contributed by atoms with E-state index in [0.717, 1.165) is 52.0 Å². The summed E-state index contributed by atoms with van der Waals surface area (Å²) in [5.74, 6) is 1.25. The van der Waals surface area contributed by atoms with Gasteiger partial charge in [0.05, 0.1) is 5.92 Å². The van der Waals surface area contributed by atoms with E-state index in [2.05, 4.69) is 15.3 Å². The minimum absolute atomic E-state index is 0.225. The normalized spacial score (nSPS) is 24.8. The van der Waals surface area contributed by atoms with Gasteiger partial charge >= 0.3 is 0 Å². The number of hydrogen-bond acceptors (Lipinski definition) is 3. The average molecular weight is 262 g/mol. The van der Waals surface area contributed by atoms with Crippen molar-refractivity contribution in [2.24, 2.45) is 11.8 Å². The summed E-state index contributed by atoms with van der Waals surface area (Å²) in [6, 6.07) is 1.96. The van der Waals surface area contributed by atoms with Crippen molar-refractivity contribution in [3.05, 3.63) is 18.5 Å². The lowest BCUT2D eigenvalue weighted by molar-refractivity contribution is -0.136. The Labute approximate surface area is 114 Å². The van der Waals surface area contributed by atoms with Crippen LogP contribution in [0.1, 0.15) is 19.3 Å². The summed E-state index contributed by atoms with van der Waals surface area (Å²) in [7, 11) is 0. The molecular weight excluding hydrogens is 240 g/mol. The van der Waals surface area contributed by atoms with Crippen molar-refractivity contribution in [2.45, 2.75) is 25.8 Å². The molecule has 104 valence electrons. The third-order valence-electron chi connectivity index (χ3n) is 4.34. The molecule has 1 N–H and O–H groups in total. The van der Waals surface area contributed by atoms with Crippen LogP contribution in [-0.4, -0.2) is 46.8 Å². The Morgan fingerprint density at radius 3 is 2.79 bits per heavy atom. The third kappa shape index (κ3) is 2.97. The van der Waals surface area contributed by atoms with E-state index in [0.29, 0.717) is 11.8 Å².